The molecule has 2 aliphatic heterocycles. The van der Waals surface area contributed by atoms with Crippen LogP contribution < -0.4 is 18.9 Å². The normalized spacial score (nSPS) is 18.7. The number of hydrogen-bond acceptors (Lipinski definition) is 6. The van der Waals surface area contributed by atoms with E-state index in [4.69, 9.17) is 35.6 Å². The highest BCUT2D eigenvalue weighted by molar-refractivity contribution is 6.30. The minimum atomic E-state index is -0.478. The van der Waals surface area contributed by atoms with Crippen LogP contribution in [0, 0.1) is 0 Å². The van der Waals surface area contributed by atoms with E-state index in [1.54, 1.807) is 14.2 Å². The first-order chi connectivity index (χ1) is 16.1. The molecule has 0 amide bonds. The number of nitrogens with zero attached hydrogens (tertiary/aromatic N) is 2. The van der Waals surface area contributed by atoms with Crippen LogP contribution in [0.3, 0.4) is 0 Å². The lowest BCUT2D eigenvalue weighted by Crippen LogP contribution is -2.34. The Hall–Kier alpha value is -3.38. The van der Waals surface area contributed by atoms with Crippen molar-refractivity contribution in [3.8, 4) is 23.0 Å². The van der Waals surface area contributed by atoms with Crippen molar-refractivity contribution in [2.45, 2.75) is 25.6 Å². The third-order valence-corrected chi connectivity index (χ3v) is 6.19. The third-order valence-electron chi connectivity index (χ3n) is 5.95. The maximum Gasteiger partial charge on any atom is 0.217 e. The average Bonchev–Trinajstić information content (AvgIpc) is 3.29. The van der Waals surface area contributed by atoms with E-state index < -0.39 is 6.23 Å². The molecular formula is C26H25ClN2O4. The van der Waals surface area contributed by atoms with Gasteiger partial charge >= 0.3 is 0 Å². The van der Waals surface area contributed by atoms with Crippen LogP contribution in [0.2, 0.25) is 5.02 Å². The van der Waals surface area contributed by atoms with Gasteiger partial charge in [0.05, 0.1) is 38.1 Å². The summed E-state index contributed by atoms with van der Waals surface area (Å²) in [6.45, 7) is 2.61. The standard InChI is InChI=1S/C26H25ClN2O4/c1-4-32-18-11-8-16(9-12-18)21-15-22-20-14-17(27)10-13-23(20)33-26(29(22)28-21)19-6-5-7-24(30-2)25(19)31-3/h5-14,22,26H,4,15H2,1-3H3/t22-,26-/m1/s1. The summed E-state index contributed by atoms with van der Waals surface area (Å²) >= 11 is 6.35. The Morgan fingerprint density at radius 2 is 1.85 bits per heavy atom. The Balaban J connectivity index is 1.59. The van der Waals surface area contributed by atoms with Crippen LogP contribution in [0.25, 0.3) is 0 Å². The lowest BCUT2D eigenvalue weighted by Gasteiger charge is -2.38. The highest BCUT2D eigenvalue weighted by Gasteiger charge is 2.42. The van der Waals surface area contributed by atoms with Gasteiger partial charge in [0.2, 0.25) is 6.23 Å². The van der Waals surface area contributed by atoms with Crippen LogP contribution >= 0.6 is 11.6 Å². The van der Waals surface area contributed by atoms with E-state index in [1.165, 1.54) is 0 Å². The van der Waals surface area contributed by atoms with E-state index in [0.717, 1.165) is 40.3 Å². The highest BCUT2D eigenvalue weighted by Crippen LogP contribution is 2.50. The van der Waals surface area contributed by atoms with Gasteiger partial charge in [-0.05, 0) is 67.1 Å². The summed E-state index contributed by atoms with van der Waals surface area (Å²) < 4.78 is 23.3. The Labute approximate surface area is 198 Å². The Morgan fingerprint density at radius 3 is 2.58 bits per heavy atom. The molecule has 3 aromatic rings. The van der Waals surface area contributed by atoms with Crippen LogP contribution in [0.4, 0.5) is 0 Å². The van der Waals surface area contributed by atoms with Gasteiger partial charge in [-0.15, -0.1) is 0 Å². The van der Waals surface area contributed by atoms with Crippen LogP contribution in [0.1, 0.15) is 42.3 Å². The van der Waals surface area contributed by atoms with E-state index in [9.17, 15) is 0 Å². The number of para-hydroxylation sites is 1. The van der Waals surface area contributed by atoms with Gasteiger partial charge in [-0.3, -0.25) is 0 Å². The van der Waals surface area contributed by atoms with Crippen LogP contribution in [-0.4, -0.2) is 31.5 Å². The topological polar surface area (TPSA) is 52.5 Å². The summed E-state index contributed by atoms with van der Waals surface area (Å²) in [4.78, 5) is 0. The third kappa shape index (κ3) is 3.85. The van der Waals surface area contributed by atoms with Gasteiger partial charge in [-0.2, -0.15) is 5.10 Å². The Morgan fingerprint density at radius 1 is 1.03 bits per heavy atom. The van der Waals surface area contributed by atoms with Crippen molar-refractivity contribution in [2.75, 3.05) is 20.8 Å². The summed E-state index contributed by atoms with van der Waals surface area (Å²) in [6.07, 6.45) is 0.252. The van der Waals surface area contributed by atoms with Crippen LogP contribution in [-0.2, 0) is 0 Å². The molecule has 33 heavy (non-hydrogen) atoms. The summed E-state index contributed by atoms with van der Waals surface area (Å²) in [5, 5.41) is 7.69. The maximum atomic E-state index is 6.47. The molecule has 0 aromatic heterocycles. The minimum absolute atomic E-state index is 0.0186. The van der Waals surface area contributed by atoms with Gasteiger partial charge in [0.25, 0.3) is 0 Å². The van der Waals surface area contributed by atoms with Gasteiger partial charge in [0, 0.05) is 17.0 Å². The SMILES string of the molecule is CCOc1ccc(C2=NN3[C@H](C2)c2cc(Cl)ccc2O[C@@H]3c2cccc(OC)c2OC)cc1. The zero-order valence-electron chi connectivity index (χ0n) is 18.7. The molecule has 2 aliphatic rings. The molecule has 2 atom stereocenters. The molecule has 0 bridgehead atoms. The van der Waals surface area contributed by atoms with Crippen LogP contribution in [0.15, 0.2) is 65.8 Å². The number of ether oxygens (including phenoxy) is 4. The lowest BCUT2D eigenvalue weighted by molar-refractivity contribution is -0.0205. The molecule has 7 heteroatoms. The smallest absolute Gasteiger partial charge is 0.217 e. The first-order valence-electron chi connectivity index (χ1n) is 10.9. The van der Waals surface area contributed by atoms with E-state index >= 15 is 0 Å². The fourth-order valence-corrected chi connectivity index (χ4v) is 4.64. The van der Waals surface area contributed by atoms with Gasteiger partial charge in [0.1, 0.15) is 11.5 Å². The Kier molecular flexibility index (Phi) is 5.77. The van der Waals surface area contributed by atoms with E-state index in [-0.39, 0.29) is 6.04 Å². The van der Waals surface area contributed by atoms with Crippen LogP contribution in [0.5, 0.6) is 23.0 Å². The van der Waals surface area contributed by atoms with Crippen molar-refractivity contribution in [1.82, 2.24) is 5.01 Å². The minimum Gasteiger partial charge on any atom is -0.494 e. The Bertz CT molecular complexity index is 1200. The fraction of sp³-hybridized carbons (Fsp3) is 0.269. The molecule has 0 saturated carbocycles. The van der Waals surface area contributed by atoms with Crippen molar-refractivity contribution in [1.29, 1.82) is 0 Å². The molecule has 3 aromatic carbocycles. The predicted molar refractivity (Wildman–Crippen MR) is 128 cm³/mol. The first-order valence-corrected chi connectivity index (χ1v) is 11.3. The number of halogens is 1. The number of hydrazone groups is 1. The van der Waals surface area contributed by atoms with Gasteiger partial charge in [-0.25, -0.2) is 5.01 Å². The molecule has 170 valence electrons. The molecule has 6 nitrogen and oxygen atoms in total. The van der Waals surface area contributed by atoms with E-state index in [2.05, 4.69) is 0 Å². The molecule has 5 rings (SSSR count). The zero-order valence-corrected chi connectivity index (χ0v) is 19.5. The van der Waals surface area contributed by atoms with E-state index in [1.807, 2.05) is 72.6 Å². The number of fused-ring (bicyclic) bond motifs is 3. The molecule has 0 aliphatic carbocycles. The number of rotatable bonds is 6. The molecule has 0 N–H and O–H groups in total. The second-order valence-corrected chi connectivity index (χ2v) is 8.28. The van der Waals surface area contributed by atoms with Crippen molar-refractivity contribution in [3.05, 3.63) is 82.4 Å². The largest absolute Gasteiger partial charge is 0.494 e. The fourth-order valence-electron chi connectivity index (χ4n) is 4.45. The summed E-state index contributed by atoms with van der Waals surface area (Å²) in [5.41, 5.74) is 3.89. The summed E-state index contributed by atoms with van der Waals surface area (Å²) in [5.74, 6) is 2.91. The quantitative estimate of drug-likeness (QED) is 0.448. The second kappa shape index (κ2) is 8.87. The van der Waals surface area contributed by atoms with Gasteiger partial charge in [0.15, 0.2) is 11.5 Å². The van der Waals surface area contributed by atoms with Gasteiger partial charge in [-0.1, -0.05) is 17.7 Å². The van der Waals surface area contributed by atoms with Crippen molar-refractivity contribution in [3.63, 3.8) is 0 Å². The van der Waals surface area contributed by atoms with Crippen molar-refractivity contribution in [2.24, 2.45) is 5.10 Å². The van der Waals surface area contributed by atoms with Crippen molar-refractivity contribution >= 4 is 17.3 Å². The number of benzene rings is 3. The van der Waals surface area contributed by atoms with Gasteiger partial charge < -0.3 is 18.9 Å². The highest BCUT2D eigenvalue weighted by atomic mass is 35.5. The molecule has 2 heterocycles. The molecule has 0 fully saturated rings. The zero-order chi connectivity index (χ0) is 22.9. The average molecular weight is 465 g/mol. The van der Waals surface area contributed by atoms with E-state index in [0.29, 0.717) is 23.1 Å². The maximum absolute atomic E-state index is 6.47. The first kappa shape index (κ1) is 21.5. The molecular weight excluding hydrogens is 440 g/mol. The summed E-state index contributed by atoms with van der Waals surface area (Å²) in [6, 6.07) is 19.5. The molecule has 0 spiro atoms. The predicted octanol–water partition coefficient (Wildman–Crippen LogP) is 6.00. The lowest BCUT2D eigenvalue weighted by atomic mass is 9.95. The second-order valence-electron chi connectivity index (χ2n) is 7.84. The van der Waals surface area contributed by atoms with Crippen molar-refractivity contribution < 1.29 is 18.9 Å². The molecule has 0 unspecified atom stereocenters. The summed E-state index contributed by atoms with van der Waals surface area (Å²) in [7, 11) is 3.26. The molecule has 0 radical (unpaired) electrons. The number of methoxy groups -OCH3 is 2. The molecule has 0 saturated heterocycles. The monoisotopic (exact) mass is 464 g/mol. The number of hydrogen-bond donors (Lipinski definition) is 0.